The van der Waals surface area contributed by atoms with Crippen LogP contribution in [0.25, 0.3) is 11.3 Å². The van der Waals surface area contributed by atoms with Crippen molar-refractivity contribution < 1.29 is 22.4 Å². The van der Waals surface area contributed by atoms with Gasteiger partial charge in [0.25, 0.3) is 5.91 Å². The van der Waals surface area contributed by atoms with Crippen LogP contribution in [0.5, 0.6) is 0 Å². The summed E-state index contributed by atoms with van der Waals surface area (Å²) in [5.41, 5.74) is 1.49. The molecule has 0 bridgehead atoms. The molecule has 3 heterocycles. The topological polar surface area (TPSA) is 80.4 Å². The van der Waals surface area contributed by atoms with E-state index in [1.54, 1.807) is 60.0 Å². The van der Waals surface area contributed by atoms with Crippen LogP contribution in [0.3, 0.4) is 0 Å². The molecule has 2 aliphatic carbocycles. The van der Waals surface area contributed by atoms with E-state index in [-0.39, 0.29) is 22.8 Å². The van der Waals surface area contributed by atoms with Crippen LogP contribution in [-0.4, -0.2) is 28.1 Å². The van der Waals surface area contributed by atoms with E-state index in [4.69, 9.17) is 4.42 Å². The lowest BCUT2D eigenvalue weighted by Crippen LogP contribution is -2.36. The average Bonchev–Trinajstić information content (AvgIpc) is 3.60. The van der Waals surface area contributed by atoms with Gasteiger partial charge >= 0.3 is 6.18 Å². The molecule has 42 heavy (non-hydrogen) atoms. The van der Waals surface area contributed by atoms with Gasteiger partial charge in [0.1, 0.15) is 16.5 Å². The average molecular weight is 611 g/mol. The predicted octanol–water partition coefficient (Wildman–Crippen LogP) is 8.66. The molecule has 0 atom stereocenters. The molecule has 1 aromatic carbocycles. The smallest absolute Gasteiger partial charge is 0.433 e. The van der Waals surface area contributed by atoms with Gasteiger partial charge in [-0.15, -0.1) is 11.3 Å². The van der Waals surface area contributed by atoms with Gasteiger partial charge in [-0.05, 0) is 74.0 Å². The molecular weight excluding hydrogens is 581 g/mol. The van der Waals surface area contributed by atoms with Crippen LogP contribution in [0.4, 0.5) is 18.2 Å². The van der Waals surface area contributed by atoms with Crippen molar-refractivity contribution in [2.75, 3.05) is 0 Å². The van der Waals surface area contributed by atoms with Crippen molar-refractivity contribution in [2.24, 2.45) is 4.99 Å². The standard InChI is InChI=1S/C31H29F3N4O2S2/c32-31(33,34)25-17-23(19-9-3-1-4-10-19)37-30(38-25)42-26-16-15-21(40-26)18-35-29-27(22-13-7-8-14-24(22)41-29)28(39)36-20-11-5-2-6-12-20/h1,3-4,9-10,15-18,20H,2,5-8,11-14H2,(H,36,39). The molecule has 0 spiro atoms. The lowest BCUT2D eigenvalue weighted by molar-refractivity contribution is -0.141. The van der Waals surface area contributed by atoms with E-state index in [1.807, 2.05) is 0 Å². The second-order valence-electron chi connectivity index (χ2n) is 10.5. The molecule has 6 nitrogen and oxygen atoms in total. The Kier molecular flexibility index (Phi) is 8.48. The van der Waals surface area contributed by atoms with Gasteiger partial charge in [-0.2, -0.15) is 13.2 Å². The summed E-state index contributed by atoms with van der Waals surface area (Å²) in [5.74, 6) is 0.359. The van der Waals surface area contributed by atoms with Crippen molar-refractivity contribution in [3.05, 3.63) is 76.0 Å². The first kappa shape index (κ1) is 28.7. The molecule has 0 saturated heterocycles. The normalized spacial score (nSPS) is 16.1. The summed E-state index contributed by atoms with van der Waals surface area (Å²) in [6.07, 6.45) is 6.41. The molecule has 1 fully saturated rings. The number of furan rings is 1. The van der Waals surface area contributed by atoms with Crippen LogP contribution in [0.15, 0.2) is 68.2 Å². The van der Waals surface area contributed by atoms with Gasteiger partial charge in [-0.1, -0.05) is 49.6 Å². The summed E-state index contributed by atoms with van der Waals surface area (Å²) in [7, 11) is 0. The molecule has 1 N–H and O–H groups in total. The first-order valence-electron chi connectivity index (χ1n) is 14.1. The molecule has 1 saturated carbocycles. The third-order valence-corrected chi connectivity index (χ3v) is 9.47. The van der Waals surface area contributed by atoms with Crippen LogP contribution in [0, 0.1) is 0 Å². The van der Waals surface area contributed by atoms with Gasteiger partial charge in [-0.25, -0.2) is 15.0 Å². The molecule has 218 valence electrons. The summed E-state index contributed by atoms with van der Waals surface area (Å²) >= 11 is 2.46. The molecule has 11 heteroatoms. The van der Waals surface area contributed by atoms with Gasteiger partial charge in [0.05, 0.1) is 17.5 Å². The number of hydrogen-bond acceptors (Lipinski definition) is 7. The Morgan fingerprint density at radius 3 is 2.60 bits per heavy atom. The number of halogens is 3. The number of aromatic nitrogens is 2. The molecule has 1 amide bonds. The molecule has 0 radical (unpaired) electrons. The van der Waals surface area contributed by atoms with Gasteiger partial charge < -0.3 is 9.73 Å². The van der Waals surface area contributed by atoms with Crippen LogP contribution in [-0.2, 0) is 19.0 Å². The van der Waals surface area contributed by atoms with E-state index < -0.39 is 11.9 Å². The molecule has 4 aromatic rings. The van der Waals surface area contributed by atoms with Gasteiger partial charge in [0.15, 0.2) is 10.2 Å². The summed E-state index contributed by atoms with van der Waals surface area (Å²) in [5, 5.41) is 4.16. The van der Waals surface area contributed by atoms with Crippen molar-refractivity contribution in [1.29, 1.82) is 0 Å². The van der Waals surface area contributed by atoms with Crippen LogP contribution < -0.4 is 5.32 Å². The summed E-state index contributed by atoms with van der Waals surface area (Å²) < 4.78 is 46.7. The Morgan fingerprint density at radius 1 is 1.02 bits per heavy atom. The maximum atomic E-state index is 13.6. The maximum Gasteiger partial charge on any atom is 0.433 e. The van der Waals surface area contributed by atoms with Crippen molar-refractivity contribution in [3.63, 3.8) is 0 Å². The minimum Gasteiger partial charge on any atom is -0.448 e. The van der Waals surface area contributed by atoms with Crippen LogP contribution in [0.2, 0.25) is 0 Å². The minimum absolute atomic E-state index is 0.0555. The first-order valence-corrected chi connectivity index (χ1v) is 15.8. The number of aryl methyl sites for hydroxylation is 1. The fourth-order valence-corrected chi connectivity index (χ4v) is 7.40. The number of amides is 1. The Hall–Kier alpha value is -3.44. The van der Waals surface area contributed by atoms with Crippen molar-refractivity contribution in [2.45, 2.75) is 80.3 Å². The zero-order chi connectivity index (χ0) is 29.1. The Balaban J connectivity index is 1.23. The number of nitrogens with one attached hydrogen (secondary N) is 1. The number of hydrogen-bond donors (Lipinski definition) is 1. The number of alkyl halides is 3. The molecule has 0 unspecified atom stereocenters. The fourth-order valence-electron chi connectivity index (χ4n) is 5.42. The molecule has 6 rings (SSSR count). The zero-order valence-electron chi connectivity index (χ0n) is 22.7. The van der Waals surface area contributed by atoms with Crippen LogP contribution in [0.1, 0.15) is 77.2 Å². The second kappa shape index (κ2) is 12.4. The van der Waals surface area contributed by atoms with Crippen molar-refractivity contribution >= 4 is 40.2 Å². The van der Waals surface area contributed by atoms with E-state index in [9.17, 15) is 18.0 Å². The van der Waals surface area contributed by atoms with Gasteiger partial charge in [0, 0.05) is 16.5 Å². The van der Waals surface area contributed by atoms with Crippen molar-refractivity contribution in [1.82, 2.24) is 15.3 Å². The first-order chi connectivity index (χ1) is 20.3. The lowest BCUT2D eigenvalue weighted by atomic mass is 9.93. The molecule has 2 aliphatic rings. The number of fused-ring (bicyclic) bond motifs is 1. The zero-order valence-corrected chi connectivity index (χ0v) is 24.4. The van der Waals surface area contributed by atoms with E-state index in [2.05, 4.69) is 20.3 Å². The Bertz CT molecular complexity index is 1590. The molecule has 3 aromatic heterocycles. The number of rotatable bonds is 7. The van der Waals surface area contributed by atoms with Gasteiger partial charge in [-0.3, -0.25) is 4.79 Å². The third kappa shape index (κ3) is 6.62. The minimum atomic E-state index is -4.62. The largest absolute Gasteiger partial charge is 0.448 e. The molecular formula is C31H29F3N4O2S2. The maximum absolute atomic E-state index is 13.6. The monoisotopic (exact) mass is 610 g/mol. The number of aliphatic imine (C=N–C) groups is 1. The number of carbonyl (C=O) groups excluding carboxylic acids is 1. The van der Waals surface area contributed by atoms with Crippen LogP contribution >= 0.6 is 23.1 Å². The van der Waals surface area contributed by atoms with Gasteiger partial charge in [0.2, 0.25) is 0 Å². The number of benzene rings is 1. The second-order valence-corrected chi connectivity index (χ2v) is 12.6. The number of thiophene rings is 1. The van der Waals surface area contributed by atoms with Crippen molar-refractivity contribution in [3.8, 4) is 11.3 Å². The quantitative estimate of drug-likeness (QED) is 0.167. The molecule has 0 aliphatic heterocycles. The highest BCUT2D eigenvalue weighted by Crippen LogP contribution is 2.40. The summed E-state index contributed by atoms with van der Waals surface area (Å²) in [6, 6.07) is 13.1. The van der Waals surface area contributed by atoms with E-state index in [0.29, 0.717) is 27.0 Å². The predicted molar refractivity (Wildman–Crippen MR) is 158 cm³/mol. The van der Waals surface area contributed by atoms with E-state index in [1.165, 1.54) is 11.3 Å². The lowest BCUT2D eigenvalue weighted by Gasteiger charge is -2.23. The Labute approximate surface area is 249 Å². The van der Waals surface area contributed by atoms with E-state index >= 15 is 0 Å². The summed E-state index contributed by atoms with van der Waals surface area (Å²) in [4.78, 5) is 27.4. The number of carbonyl (C=O) groups is 1. The van der Waals surface area contributed by atoms with E-state index in [0.717, 1.165) is 74.8 Å². The summed E-state index contributed by atoms with van der Waals surface area (Å²) in [6.45, 7) is 0. The highest BCUT2D eigenvalue weighted by atomic mass is 32.2. The Morgan fingerprint density at radius 2 is 1.81 bits per heavy atom. The highest BCUT2D eigenvalue weighted by Gasteiger charge is 2.34. The highest BCUT2D eigenvalue weighted by molar-refractivity contribution is 7.99. The SMILES string of the molecule is O=C(NC1CCCCC1)c1c(N=Cc2ccc(Sc3nc(-c4ccccc4)cc(C(F)(F)F)n3)o2)sc2c1CCCC2. The number of nitrogens with zero attached hydrogens (tertiary/aromatic N) is 3. The third-order valence-electron chi connectivity index (χ3n) is 7.49. The fraction of sp³-hybridized carbons (Fsp3) is 0.355.